The van der Waals surface area contributed by atoms with Gasteiger partial charge in [0.1, 0.15) is 5.82 Å². The molecule has 1 aliphatic heterocycles. The predicted octanol–water partition coefficient (Wildman–Crippen LogP) is 3.30. The number of aromatic nitrogens is 2. The number of nitrogens with zero attached hydrogens (tertiary/aromatic N) is 3. The first-order valence-corrected chi connectivity index (χ1v) is 9.61. The highest BCUT2D eigenvalue weighted by molar-refractivity contribution is 5.90. The van der Waals surface area contributed by atoms with Crippen molar-refractivity contribution in [2.24, 2.45) is 0 Å². The second-order valence-electron chi connectivity index (χ2n) is 6.92. The van der Waals surface area contributed by atoms with E-state index in [-0.39, 0.29) is 5.82 Å². The molecule has 0 amide bonds. The predicted molar refractivity (Wildman–Crippen MR) is 108 cm³/mol. The van der Waals surface area contributed by atoms with Crippen LogP contribution in [0.2, 0.25) is 0 Å². The third-order valence-corrected chi connectivity index (χ3v) is 5.12. The number of rotatable bonds is 7. The maximum absolute atomic E-state index is 13.4. The Bertz CT molecular complexity index is 922. The van der Waals surface area contributed by atoms with Crippen LogP contribution in [0.1, 0.15) is 6.42 Å². The van der Waals surface area contributed by atoms with Gasteiger partial charge in [-0.2, -0.15) is 5.10 Å². The Morgan fingerprint density at radius 3 is 2.64 bits per heavy atom. The van der Waals surface area contributed by atoms with E-state index >= 15 is 0 Å². The molecule has 0 spiro atoms. The van der Waals surface area contributed by atoms with E-state index in [1.54, 1.807) is 13.2 Å². The highest BCUT2D eigenvalue weighted by atomic mass is 19.1. The molecule has 2 aromatic carbocycles. The van der Waals surface area contributed by atoms with E-state index in [0.29, 0.717) is 6.61 Å². The summed E-state index contributed by atoms with van der Waals surface area (Å²) in [5, 5.41) is 8.30. The maximum atomic E-state index is 13.4. The molecule has 1 saturated heterocycles. The van der Waals surface area contributed by atoms with Gasteiger partial charge in [0.25, 0.3) is 0 Å². The minimum atomic E-state index is -0.247. The first-order chi connectivity index (χ1) is 13.7. The average molecular weight is 384 g/mol. The summed E-state index contributed by atoms with van der Waals surface area (Å²) < 4.78 is 24.5. The number of H-pyrrole nitrogens is 1. The molecule has 1 fully saturated rings. The number of aromatic amines is 1. The van der Waals surface area contributed by atoms with E-state index in [1.165, 1.54) is 12.1 Å². The topological polar surface area (TPSA) is 53.6 Å². The second kappa shape index (κ2) is 8.48. The van der Waals surface area contributed by atoms with E-state index in [2.05, 4.69) is 20.0 Å². The van der Waals surface area contributed by atoms with Crippen molar-refractivity contribution in [1.82, 2.24) is 15.1 Å². The Morgan fingerprint density at radius 2 is 1.86 bits per heavy atom. The number of fused-ring (bicyclic) bond motifs is 1. The molecule has 0 saturated carbocycles. The molecule has 7 heteroatoms. The van der Waals surface area contributed by atoms with Crippen molar-refractivity contribution >= 4 is 16.7 Å². The molecule has 1 aromatic heterocycles. The third-order valence-electron chi connectivity index (χ3n) is 5.12. The van der Waals surface area contributed by atoms with Gasteiger partial charge in [0.2, 0.25) is 0 Å². The van der Waals surface area contributed by atoms with Gasteiger partial charge in [-0.15, -0.1) is 0 Å². The first kappa shape index (κ1) is 18.6. The lowest BCUT2D eigenvalue weighted by molar-refractivity contribution is 0.221. The first-order valence-electron chi connectivity index (χ1n) is 9.61. The van der Waals surface area contributed by atoms with E-state index < -0.39 is 0 Å². The number of nitrogens with one attached hydrogen (secondary N) is 1. The SMILES string of the molecule is COc1ccccc1OCCCN1CCN(c2n[nH]c3cc(F)ccc23)CC1. The number of piperazine rings is 1. The summed E-state index contributed by atoms with van der Waals surface area (Å²) in [5.41, 5.74) is 0.742. The van der Waals surface area contributed by atoms with Crippen molar-refractivity contribution in [3.05, 3.63) is 48.3 Å². The maximum Gasteiger partial charge on any atom is 0.161 e. The monoisotopic (exact) mass is 384 g/mol. The summed E-state index contributed by atoms with van der Waals surface area (Å²) in [5.74, 6) is 2.22. The van der Waals surface area contributed by atoms with Gasteiger partial charge in [-0.05, 0) is 36.8 Å². The molecule has 2 heterocycles. The fraction of sp³-hybridized carbons (Fsp3) is 0.381. The largest absolute Gasteiger partial charge is 0.493 e. The summed E-state index contributed by atoms with van der Waals surface area (Å²) in [7, 11) is 1.65. The van der Waals surface area contributed by atoms with Gasteiger partial charge in [0.05, 0.1) is 19.2 Å². The van der Waals surface area contributed by atoms with Crippen molar-refractivity contribution in [3.8, 4) is 11.5 Å². The Balaban J connectivity index is 1.24. The van der Waals surface area contributed by atoms with E-state index in [4.69, 9.17) is 9.47 Å². The molecule has 0 radical (unpaired) electrons. The van der Waals surface area contributed by atoms with Crippen molar-refractivity contribution in [3.63, 3.8) is 0 Å². The van der Waals surface area contributed by atoms with Gasteiger partial charge in [-0.1, -0.05) is 12.1 Å². The second-order valence-corrected chi connectivity index (χ2v) is 6.92. The lowest BCUT2D eigenvalue weighted by atomic mass is 10.2. The van der Waals surface area contributed by atoms with Gasteiger partial charge in [-0.25, -0.2) is 4.39 Å². The number of ether oxygens (including phenoxy) is 2. The molecule has 4 rings (SSSR count). The smallest absolute Gasteiger partial charge is 0.161 e. The van der Waals surface area contributed by atoms with Gasteiger partial charge in [-0.3, -0.25) is 10.00 Å². The molecule has 3 aromatic rings. The average Bonchev–Trinajstić information content (AvgIpc) is 3.15. The number of halogens is 1. The molecule has 28 heavy (non-hydrogen) atoms. The zero-order valence-electron chi connectivity index (χ0n) is 16.0. The van der Waals surface area contributed by atoms with Crippen LogP contribution in [0.3, 0.4) is 0 Å². The van der Waals surface area contributed by atoms with Crippen LogP contribution in [0, 0.1) is 5.82 Å². The van der Waals surface area contributed by atoms with Crippen molar-refractivity contribution in [2.75, 3.05) is 51.3 Å². The van der Waals surface area contributed by atoms with Crippen LogP contribution in [-0.2, 0) is 0 Å². The Labute approximate surface area is 163 Å². The molecule has 1 aliphatic rings. The van der Waals surface area contributed by atoms with E-state index in [9.17, 15) is 4.39 Å². The van der Waals surface area contributed by atoms with Crippen LogP contribution < -0.4 is 14.4 Å². The van der Waals surface area contributed by atoms with Crippen LogP contribution in [0.4, 0.5) is 10.2 Å². The van der Waals surface area contributed by atoms with Crippen LogP contribution in [0.25, 0.3) is 10.9 Å². The molecule has 0 aliphatic carbocycles. The number of hydrogen-bond acceptors (Lipinski definition) is 5. The van der Waals surface area contributed by atoms with Gasteiger partial charge in [0, 0.05) is 38.1 Å². The Kier molecular flexibility index (Phi) is 5.62. The van der Waals surface area contributed by atoms with Gasteiger partial charge >= 0.3 is 0 Å². The molecule has 0 atom stereocenters. The summed E-state index contributed by atoms with van der Waals surface area (Å²) in [4.78, 5) is 4.70. The molecular formula is C21H25FN4O2. The minimum absolute atomic E-state index is 0.247. The lowest BCUT2D eigenvalue weighted by Gasteiger charge is -2.35. The highest BCUT2D eigenvalue weighted by Crippen LogP contribution is 2.26. The number of hydrogen-bond donors (Lipinski definition) is 1. The van der Waals surface area contributed by atoms with Gasteiger partial charge in [0.15, 0.2) is 17.3 Å². The fourth-order valence-electron chi connectivity index (χ4n) is 3.61. The van der Waals surface area contributed by atoms with E-state index in [0.717, 1.165) is 67.4 Å². The Morgan fingerprint density at radius 1 is 1.07 bits per heavy atom. The van der Waals surface area contributed by atoms with Crippen molar-refractivity contribution < 1.29 is 13.9 Å². The standard InChI is InChI=1S/C21H25FN4O2/c1-27-19-5-2-3-6-20(19)28-14-4-9-25-10-12-26(13-11-25)21-17-8-7-16(22)15-18(17)23-24-21/h2-3,5-8,15H,4,9-14H2,1H3,(H,23,24). The number of para-hydroxylation sites is 2. The summed E-state index contributed by atoms with van der Waals surface area (Å²) in [6.45, 7) is 5.43. The minimum Gasteiger partial charge on any atom is -0.493 e. The quantitative estimate of drug-likeness (QED) is 0.634. The third kappa shape index (κ3) is 4.04. The fourth-order valence-corrected chi connectivity index (χ4v) is 3.61. The Hall–Kier alpha value is -2.80. The zero-order chi connectivity index (χ0) is 19.3. The van der Waals surface area contributed by atoms with Crippen molar-refractivity contribution in [2.45, 2.75) is 6.42 Å². The summed E-state index contributed by atoms with van der Waals surface area (Å²) in [6.07, 6.45) is 0.961. The van der Waals surface area contributed by atoms with Crippen LogP contribution in [0.15, 0.2) is 42.5 Å². The highest BCUT2D eigenvalue weighted by Gasteiger charge is 2.20. The molecule has 6 nitrogen and oxygen atoms in total. The van der Waals surface area contributed by atoms with E-state index in [1.807, 2.05) is 24.3 Å². The molecule has 0 unspecified atom stereocenters. The number of benzene rings is 2. The number of methoxy groups -OCH3 is 1. The summed E-state index contributed by atoms with van der Waals surface area (Å²) >= 11 is 0. The molecule has 148 valence electrons. The number of anilines is 1. The summed E-state index contributed by atoms with van der Waals surface area (Å²) in [6, 6.07) is 12.5. The molecule has 0 bridgehead atoms. The normalized spacial score (nSPS) is 15.1. The lowest BCUT2D eigenvalue weighted by Crippen LogP contribution is -2.47. The van der Waals surface area contributed by atoms with Crippen LogP contribution in [-0.4, -0.2) is 61.5 Å². The van der Waals surface area contributed by atoms with Crippen LogP contribution in [0.5, 0.6) is 11.5 Å². The van der Waals surface area contributed by atoms with Crippen LogP contribution >= 0.6 is 0 Å². The molecule has 1 N–H and O–H groups in total. The zero-order valence-corrected chi connectivity index (χ0v) is 16.0. The van der Waals surface area contributed by atoms with Crippen molar-refractivity contribution in [1.29, 1.82) is 0 Å². The molecular weight excluding hydrogens is 359 g/mol. The van der Waals surface area contributed by atoms with Gasteiger partial charge < -0.3 is 14.4 Å².